The van der Waals surface area contributed by atoms with Gasteiger partial charge in [0.2, 0.25) is 0 Å². The second kappa shape index (κ2) is 6.66. The van der Waals surface area contributed by atoms with Crippen LogP contribution in [0.2, 0.25) is 5.02 Å². The predicted molar refractivity (Wildman–Crippen MR) is 70.2 cm³/mol. The molecule has 1 unspecified atom stereocenters. The van der Waals surface area contributed by atoms with Gasteiger partial charge in [0.05, 0.1) is 0 Å². The van der Waals surface area contributed by atoms with E-state index in [1.165, 1.54) is 0 Å². The highest BCUT2D eigenvalue weighted by molar-refractivity contribution is 7.98. The van der Waals surface area contributed by atoms with Crippen LogP contribution >= 0.6 is 23.4 Å². The lowest BCUT2D eigenvalue weighted by Gasteiger charge is -2.09. The van der Waals surface area contributed by atoms with Crippen LogP contribution in [0, 0.1) is 5.92 Å². The van der Waals surface area contributed by atoms with Crippen molar-refractivity contribution in [3.05, 3.63) is 34.9 Å². The number of thioether (sulfide) groups is 1. The molecule has 1 rings (SSSR count). The van der Waals surface area contributed by atoms with Gasteiger partial charge >= 0.3 is 0 Å². The van der Waals surface area contributed by atoms with Crippen LogP contribution in [-0.2, 0) is 5.75 Å². The van der Waals surface area contributed by atoms with Gasteiger partial charge < -0.3 is 10.9 Å². The van der Waals surface area contributed by atoms with E-state index in [4.69, 9.17) is 22.5 Å². The van der Waals surface area contributed by atoms with Gasteiger partial charge in [-0.05, 0) is 11.6 Å². The fourth-order valence-electron chi connectivity index (χ4n) is 1.15. The van der Waals surface area contributed by atoms with Crippen molar-refractivity contribution in [1.82, 2.24) is 0 Å². The Morgan fingerprint density at radius 2 is 2.25 bits per heavy atom. The van der Waals surface area contributed by atoms with Crippen LogP contribution in [0.15, 0.2) is 29.4 Å². The quantitative estimate of drug-likeness (QED) is 0.370. The maximum Gasteiger partial charge on any atom is 0.142 e. The Morgan fingerprint density at radius 1 is 1.56 bits per heavy atom. The molecule has 88 valence electrons. The van der Waals surface area contributed by atoms with E-state index >= 15 is 0 Å². The number of amidine groups is 1. The smallest absolute Gasteiger partial charge is 0.142 e. The van der Waals surface area contributed by atoms with Gasteiger partial charge in [0.25, 0.3) is 0 Å². The fraction of sp³-hybridized carbons (Fsp3) is 0.364. The lowest BCUT2D eigenvalue weighted by Crippen LogP contribution is -2.23. The predicted octanol–water partition coefficient (Wildman–Crippen LogP) is 2.96. The number of hydrogen-bond donors (Lipinski definition) is 2. The number of benzene rings is 1. The summed E-state index contributed by atoms with van der Waals surface area (Å²) in [6.07, 6.45) is 0. The minimum absolute atomic E-state index is 0.0671. The Hall–Kier alpha value is -0.870. The summed E-state index contributed by atoms with van der Waals surface area (Å²) in [6.45, 7) is 1.93. The highest BCUT2D eigenvalue weighted by Crippen LogP contribution is 2.22. The lowest BCUT2D eigenvalue weighted by molar-refractivity contribution is 0.315. The summed E-state index contributed by atoms with van der Waals surface area (Å²) in [5, 5.41) is 12.3. The van der Waals surface area contributed by atoms with Gasteiger partial charge in [0, 0.05) is 22.4 Å². The molecule has 1 aromatic rings. The molecule has 3 N–H and O–H groups in total. The molecule has 0 saturated carbocycles. The standard InChI is InChI=1S/C11H15ClN2OS/c1-8(11(13)14-15)6-16-7-9-4-2-3-5-10(9)12/h2-5,8,15H,6-7H2,1H3,(H2,13,14). The Bertz CT molecular complexity index is 371. The van der Waals surface area contributed by atoms with E-state index in [9.17, 15) is 0 Å². The highest BCUT2D eigenvalue weighted by atomic mass is 35.5. The average Bonchev–Trinajstić information content (AvgIpc) is 2.30. The summed E-state index contributed by atoms with van der Waals surface area (Å²) in [5.74, 6) is 1.98. The van der Waals surface area contributed by atoms with Crippen molar-refractivity contribution in [3.8, 4) is 0 Å². The maximum absolute atomic E-state index is 8.50. The molecule has 0 heterocycles. The molecular formula is C11H15ClN2OS. The molecule has 0 fully saturated rings. The monoisotopic (exact) mass is 258 g/mol. The molecule has 0 aromatic heterocycles. The molecule has 0 radical (unpaired) electrons. The SMILES string of the molecule is CC(CSCc1ccccc1Cl)/C(N)=N/O. The van der Waals surface area contributed by atoms with E-state index in [1.54, 1.807) is 11.8 Å². The molecule has 3 nitrogen and oxygen atoms in total. The van der Waals surface area contributed by atoms with Gasteiger partial charge in [-0.25, -0.2) is 0 Å². The van der Waals surface area contributed by atoms with E-state index in [0.29, 0.717) is 0 Å². The number of nitrogens with two attached hydrogens (primary N) is 1. The number of hydrogen-bond acceptors (Lipinski definition) is 3. The molecule has 0 bridgehead atoms. The van der Waals surface area contributed by atoms with Crippen LogP contribution in [0.1, 0.15) is 12.5 Å². The normalized spacial score (nSPS) is 13.8. The van der Waals surface area contributed by atoms with Gasteiger partial charge in [-0.1, -0.05) is 41.9 Å². The molecule has 0 saturated heterocycles. The van der Waals surface area contributed by atoms with Crippen molar-refractivity contribution >= 4 is 29.2 Å². The van der Waals surface area contributed by atoms with Crippen molar-refractivity contribution in [1.29, 1.82) is 0 Å². The Balaban J connectivity index is 2.39. The zero-order valence-electron chi connectivity index (χ0n) is 9.06. The first-order chi connectivity index (χ1) is 7.65. The Morgan fingerprint density at radius 3 is 2.88 bits per heavy atom. The second-order valence-corrected chi connectivity index (χ2v) is 4.97. The summed E-state index contributed by atoms with van der Waals surface area (Å²) in [7, 11) is 0. The van der Waals surface area contributed by atoms with Crippen LogP contribution < -0.4 is 5.73 Å². The number of oxime groups is 1. The molecular weight excluding hydrogens is 244 g/mol. The van der Waals surface area contributed by atoms with E-state index < -0.39 is 0 Å². The summed E-state index contributed by atoms with van der Waals surface area (Å²) in [4.78, 5) is 0. The molecule has 0 aliphatic rings. The Kier molecular flexibility index (Phi) is 5.49. The molecule has 0 amide bonds. The molecule has 0 aliphatic carbocycles. The van der Waals surface area contributed by atoms with Crippen LogP contribution in [-0.4, -0.2) is 16.8 Å². The van der Waals surface area contributed by atoms with Crippen molar-refractivity contribution in [3.63, 3.8) is 0 Å². The summed E-state index contributed by atoms with van der Waals surface area (Å²) in [6, 6.07) is 7.76. The van der Waals surface area contributed by atoms with Gasteiger partial charge in [-0.3, -0.25) is 0 Å². The molecule has 1 atom stereocenters. The number of halogens is 1. The van der Waals surface area contributed by atoms with Gasteiger partial charge in [-0.2, -0.15) is 11.8 Å². The van der Waals surface area contributed by atoms with Crippen molar-refractivity contribution in [2.24, 2.45) is 16.8 Å². The fourth-order valence-corrected chi connectivity index (χ4v) is 2.54. The van der Waals surface area contributed by atoms with E-state index in [2.05, 4.69) is 5.16 Å². The third-order valence-electron chi connectivity index (χ3n) is 2.20. The first-order valence-electron chi connectivity index (χ1n) is 4.93. The van der Waals surface area contributed by atoms with Crippen LogP contribution in [0.25, 0.3) is 0 Å². The average molecular weight is 259 g/mol. The van der Waals surface area contributed by atoms with E-state index in [0.717, 1.165) is 22.1 Å². The molecule has 0 spiro atoms. The largest absolute Gasteiger partial charge is 0.409 e. The maximum atomic E-state index is 8.50. The summed E-state index contributed by atoms with van der Waals surface area (Å²) >= 11 is 7.74. The Labute approximate surface area is 105 Å². The zero-order chi connectivity index (χ0) is 12.0. The minimum Gasteiger partial charge on any atom is -0.409 e. The highest BCUT2D eigenvalue weighted by Gasteiger charge is 2.08. The van der Waals surface area contributed by atoms with Crippen LogP contribution in [0.3, 0.4) is 0 Å². The first-order valence-corrected chi connectivity index (χ1v) is 6.47. The van der Waals surface area contributed by atoms with Crippen LogP contribution in [0.4, 0.5) is 0 Å². The third-order valence-corrected chi connectivity index (χ3v) is 3.82. The van der Waals surface area contributed by atoms with E-state index in [1.807, 2.05) is 31.2 Å². The van der Waals surface area contributed by atoms with Crippen molar-refractivity contribution in [2.45, 2.75) is 12.7 Å². The van der Waals surface area contributed by atoms with Crippen LogP contribution in [0.5, 0.6) is 0 Å². The number of nitrogens with zero attached hydrogens (tertiary/aromatic N) is 1. The van der Waals surface area contributed by atoms with Crippen molar-refractivity contribution in [2.75, 3.05) is 5.75 Å². The molecule has 1 aromatic carbocycles. The zero-order valence-corrected chi connectivity index (χ0v) is 10.6. The number of rotatable bonds is 5. The third kappa shape index (κ3) is 3.94. The van der Waals surface area contributed by atoms with Gasteiger partial charge in [-0.15, -0.1) is 0 Å². The first kappa shape index (κ1) is 13.2. The lowest BCUT2D eigenvalue weighted by atomic mass is 10.2. The molecule has 5 heteroatoms. The van der Waals surface area contributed by atoms with Gasteiger partial charge in [0.15, 0.2) is 0 Å². The minimum atomic E-state index is 0.0671. The van der Waals surface area contributed by atoms with E-state index in [-0.39, 0.29) is 11.8 Å². The molecule has 16 heavy (non-hydrogen) atoms. The summed E-state index contributed by atoms with van der Waals surface area (Å²) in [5.41, 5.74) is 6.60. The molecule has 0 aliphatic heterocycles. The second-order valence-electron chi connectivity index (χ2n) is 3.53. The van der Waals surface area contributed by atoms with Gasteiger partial charge in [0.1, 0.15) is 5.84 Å². The topological polar surface area (TPSA) is 58.6 Å². The summed E-state index contributed by atoms with van der Waals surface area (Å²) < 4.78 is 0. The van der Waals surface area contributed by atoms with Crippen molar-refractivity contribution < 1.29 is 5.21 Å².